The molecule has 0 unspecified atom stereocenters. The first-order valence-corrected chi connectivity index (χ1v) is 9.03. The Morgan fingerprint density at radius 2 is 2.07 bits per heavy atom. The molecule has 1 amide bonds. The van der Waals surface area contributed by atoms with Crippen LogP contribution in [0.3, 0.4) is 0 Å². The van der Waals surface area contributed by atoms with E-state index in [9.17, 15) is 22.8 Å². The van der Waals surface area contributed by atoms with Crippen LogP contribution in [0.1, 0.15) is 40.8 Å². The van der Waals surface area contributed by atoms with Gasteiger partial charge in [0.05, 0.1) is 0 Å². The van der Waals surface area contributed by atoms with Gasteiger partial charge in [-0.2, -0.15) is 23.3 Å². The number of nitrogens with zero attached hydrogens (tertiary/aromatic N) is 5. The van der Waals surface area contributed by atoms with Crippen molar-refractivity contribution in [1.82, 2.24) is 30.2 Å². The second-order valence-electron chi connectivity index (χ2n) is 6.79. The molecule has 1 aliphatic rings. The van der Waals surface area contributed by atoms with Crippen molar-refractivity contribution >= 4 is 5.91 Å². The van der Waals surface area contributed by atoms with E-state index in [0.29, 0.717) is 24.3 Å². The minimum absolute atomic E-state index is 0.0458. The highest BCUT2D eigenvalue weighted by Gasteiger charge is 2.38. The summed E-state index contributed by atoms with van der Waals surface area (Å²) in [7, 11) is 0. The van der Waals surface area contributed by atoms with Gasteiger partial charge in [0, 0.05) is 42.5 Å². The Morgan fingerprint density at radius 3 is 2.70 bits per heavy atom. The summed E-state index contributed by atoms with van der Waals surface area (Å²) in [6.07, 6.45) is -1.78. The molecule has 1 fully saturated rings. The highest BCUT2D eigenvalue weighted by Crippen LogP contribution is 2.30. The molecule has 0 spiro atoms. The van der Waals surface area contributed by atoms with Crippen molar-refractivity contribution in [3.63, 3.8) is 0 Å². The minimum Gasteiger partial charge on any atom is -0.337 e. The Balaban J connectivity index is 1.47. The van der Waals surface area contributed by atoms with Crippen LogP contribution in [0.5, 0.6) is 0 Å². The number of hydrogen-bond donors (Lipinski definition) is 1. The lowest BCUT2D eigenvalue weighted by Gasteiger charge is -2.32. The Labute approximate surface area is 166 Å². The number of hydrogen-bond acceptors (Lipinski definition) is 7. The molecule has 3 aromatic heterocycles. The van der Waals surface area contributed by atoms with Gasteiger partial charge in [0.25, 0.3) is 11.5 Å². The lowest BCUT2D eigenvalue weighted by atomic mass is 9.93. The third-order valence-electron chi connectivity index (χ3n) is 4.74. The molecule has 4 heterocycles. The van der Waals surface area contributed by atoms with Crippen LogP contribution in [0, 0.1) is 0 Å². The van der Waals surface area contributed by atoms with Crippen LogP contribution in [0.2, 0.25) is 0 Å². The summed E-state index contributed by atoms with van der Waals surface area (Å²) >= 11 is 0. The summed E-state index contributed by atoms with van der Waals surface area (Å²) in [5.41, 5.74) is 0.747. The van der Waals surface area contributed by atoms with Gasteiger partial charge in [-0.3, -0.25) is 14.6 Å². The monoisotopic (exact) mass is 420 g/mol. The number of aromatic amines is 1. The van der Waals surface area contributed by atoms with E-state index in [-0.39, 0.29) is 23.3 Å². The fourth-order valence-corrected chi connectivity index (χ4v) is 3.26. The normalized spacial score (nSPS) is 17.2. The first-order chi connectivity index (χ1) is 14.3. The Bertz CT molecular complexity index is 1090. The maximum Gasteiger partial charge on any atom is 0.471 e. The van der Waals surface area contributed by atoms with Gasteiger partial charge in [0.15, 0.2) is 0 Å². The number of carbonyl (C=O) groups is 1. The maximum atomic E-state index is 12.6. The van der Waals surface area contributed by atoms with E-state index >= 15 is 0 Å². The van der Waals surface area contributed by atoms with Crippen molar-refractivity contribution in [3.8, 4) is 11.4 Å². The molecule has 9 nitrogen and oxygen atoms in total. The van der Waals surface area contributed by atoms with Crippen LogP contribution in [0.4, 0.5) is 13.2 Å². The molecule has 0 bridgehead atoms. The van der Waals surface area contributed by atoms with Crippen molar-refractivity contribution < 1.29 is 22.5 Å². The molecular formula is C18H15F3N6O3. The summed E-state index contributed by atoms with van der Waals surface area (Å²) in [5.74, 6) is -1.96. The largest absolute Gasteiger partial charge is 0.471 e. The van der Waals surface area contributed by atoms with Gasteiger partial charge in [0.1, 0.15) is 5.69 Å². The van der Waals surface area contributed by atoms with Gasteiger partial charge in [-0.05, 0) is 31.0 Å². The number of pyridine rings is 1. The zero-order valence-corrected chi connectivity index (χ0v) is 15.4. The van der Waals surface area contributed by atoms with Gasteiger partial charge in [-0.1, -0.05) is 5.16 Å². The molecule has 1 saturated heterocycles. The van der Waals surface area contributed by atoms with Gasteiger partial charge >= 0.3 is 12.1 Å². The van der Waals surface area contributed by atoms with Crippen molar-refractivity contribution in [1.29, 1.82) is 0 Å². The first kappa shape index (κ1) is 19.7. The van der Waals surface area contributed by atoms with E-state index in [1.165, 1.54) is 18.3 Å². The molecule has 30 heavy (non-hydrogen) atoms. The number of likely N-dealkylation sites (tertiary alicyclic amines) is 1. The van der Waals surface area contributed by atoms with Crippen molar-refractivity contribution in [2.24, 2.45) is 0 Å². The molecule has 4 rings (SSSR count). The molecule has 0 radical (unpaired) electrons. The van der Waals surface area contributed by atoms with Crippen molar-refractivity contribution in [3.05, 3.63) is 58.1 Å². The predicted octanol–water partition coefficient (Wildman–Crippen LogP) is 2.25. The summed E-state index contributed by atoms with van der Waals surface area (Å²) < 4.78 is 42.0. The van der Waals surface area contributed by atoms with Crippen LogP contribution in [-0.2, 0) is 6.18 Å². The van der Waals surface area contributed by atoms with Crippen molar-refractivity contribution in [2.45, 2.75) is 24.9 Å². The summed E-state index contributed by atoms with van der Waals surface area (Å²) in [5, 5.41) is 9.35. The molecule has 1 aliphatic heterocycles. The predicted molar refractivity (Wildman–Crippen MR) is 95.3 cm³/mol. The Hall–Kier alpha value is -3.57. The van der Waals surface area contributed by atoms with E-state index in [4.69, 9.17) is 0 Å². The number of alkyl halides is 3. The third kappa shape index (κ3) is 4.07. The number of rotatable bonds is 3. The second-order valence-corrected chi connectivity index (χ2v) is 6.79. The molecule has 156 valence electrons. The number of H-pyrrole nitrogens is 1. The van der Waals surface area contributed by atoms with Crippen LogP contribution < -0.4 is 5.56 Å². The van der Waals surface area contributed by atoms with Gasteiger partial charge in [-0.25, -0.2) is 5.10 Å². The zero-order chi connectivity index (χ0) is 21.3. The van der Waals surface area contributed by atoms with Crippen LogP contribution in [-0.4, -0.2) is 49.2 Å². The SMILES string of the molecule is O=C(c1ccc(=O)[nH]n1)N1CCC[C@@H](c2ccc(-c3noc(C(F)(F)F)n3)cn2)C1. The molecule has 1 atom stereocenters. The molecule has 3 aromatic rings. The lowest BCUT2D eigenvalue weighted by molar-refractivity contribution is -0.159. The molecule has 1 N–H and O–H groups in total. The van der Waals surface area contributed by atoms with Crippen LogP contribution in [0.25, 0.3) is 11.4 Å². The third-order valence-corrected chi connectivity index (χ3v) is 4.74. The van der Waals surface area contributed by atoms with E-state index < -0.39 is 17.6 Å². The molecule has 0 saturated carbocycles. The number of carbonyl (C=O) groups excluding carboxylic acids is 1. The molecule has 0 aromatic carbocycles. The smallest absolute Gasteiger partial charge is 0.337 e. The highest BCUT2D eigenvalue weighted by molar-refractivity contribution is 5.92. The fraction of sp³-hybridized carbons (Fsp3) is 0.333. The topological polar surface area (TPSA) is 118 Å². The number of halogens is 3. The van der Waals surface area contributed by atoms with Gasteiger partial charge in [-0.15, -0.1) is 0 Å². The Morgan fingerprint density at radius 1 is 1.23 bits per heavy atom. The first-order valence-electron chi connectivity index (χ1n) is 9.03. The van der Waals surface area contributed by atoms with Crippen molar-refractivity contribution in [2.75, 3.05) is 13.1 Å². The number of aromatic nitrogens is 5. The lowest BCUT2D eigenvalue weighted by Crippen LogP contribution is -2.40. The number of amides is 1. The maximum absolute atomic E-state index is 12.6. The van der Waals surface area contributed by atoms with Gasteiger partial charge < -0.3 is 9.42 Å². The Kier molecular flexibility index (Phi) is 5.06. The minimum atomic E-state index is -4.71. The number of nitrogens with one attached hydrogen (secondary N) is 1. The summed E-state index contributed by atoms with van der Waals surface area (Å²) in [6, 6.07) is 5.86. The van der Waals surface area contributed by atoms with Crippen LogP contribution >= 0.6 is 0 Å². The molecule has 12 heteroatoms. The highest BCUT2D eigenvalue weighted by atomic mass is 19.4. The fourth-order valence-electron chi connectivity index (χ4n) is 3.26. The average Bonchev–Trinajstić information content (AvgIpc) is 3.25. The summed E-state index contributed by atoms with van der Waals surface area (Å²) in [6.45, 7) is 0.962. The van der Waals surface area contributed by atoms with E-state index in [0.717, 1.165) is 12.8 Å². The van der Waals surface area contributed by atoms with E-state index in [1.54, 1.807) is 17.0 Å². The zero-order valence-electron chi connectivity index (χ0n) is 15.4. The average molecular weight is 420 g/mol. The van der Waals surface area contributed by atoms with Crippen LogP contribution in [0.15, 0.2) is 39.8 Å². The molecule has 0 aliphatic carbocycles. The number of piperidine rings is 1. The standard InChI is InChI=1S/C18H15F3N6O3/c19-18(20,21)17-23-15(26-30-17)10-3-4-12(22-8-10)11-2-1-7-27(9-11)16(29)13-5-6-14(28)25-24-13/h3-6,8,11H,1-2,7,9H2,(H,25,28)/t11-/m1/s1. The summed E-state index contributed by atoms with van der Waals surface area (Å²) in [4.78, 5) is 33.0. The second kappa shape index (κ2) is 7.69. The van der Waals surface area contributed by atoms with E-state index in [1.807, 2.05) is 0 Å². The quantitative estimate of drug-likeness (QED) is 0.690. The van der Waals surface area contributed by atoms with E-state index in [2.05, 4.69) is 29.8 Å². The van der Waals surface area contributed by atoms with Gasteiger partial charge in [0.2, 0.25) is 5.82 Å². The molecular weight excluding hydrogens is 405 g/mol.